The Balaban J connectivity index is 0.00000211. The van der Waals surface area contributed by atoms with Gasteiger partial charge >= 0.3 is 0 Å². The van der Waals surface area contributed by atoms with Gasteiger partial charge in [0, 0.05) is 14.2 Å². The van der Waals surface area contributed by atoms with Crippen molar-refractivity contribution in [1.82, 2.24) is 5.32 Å². The van der Waals surface area contributed by atoms with E-state index in [0.717, 1.165) is 5.56 Å². The first-order chi connectivity index (χ1) is 10.6. The first-order valence-corrected chi connectivity index (χ1v) is 7.17. The third-order valence-corrected chi connectivity index (χ3v) is 2.80. The lowest BCUT2D eigenvalue weighted by Gasteiger charge is -2.14. The lowest BCUT2D eigenvalue weighted by molar-refractivity contribution is -0.126. The molecule has 0 aliphatic carbocycles. The second-order valence-electron chi connectivity index (χ2n) is 4.07. The molecular formula is C16H27NO5. The number of amides is 1. The van der Waals surface area contributed by atoms with Gasteiger partial charge in [0.25, 0.3) is 0 Å². The Morgan fingerprint density at radius 3 is 2.14 bits per heavy atom. The van der Waals surface area contributed by atoms with Crippen LogP contribution in [0.15, 0.2) is 18.2 Å². The van der Waals surface area contributed by atoms with Gasteiger partial charge in [0.2, 0.25) is 5.91 Å². The van der Waals surface area contributed by atoms with Gasteiger partial charge in [0.15, 0.2) is 17.8 Å². The summed E-state index contributed by atoms with van der Waals surface area (Å²) in [5.74, 6) is 1.12. The third kappa shape index (κ3) is 6.78. The van der Waals surface area contributed by atoms with Crippen molar-refractivity contribution in [3.8, 4) is 11.5 Å². The molecule has 0 fully saturated rings. The first kappa shape index (κ1) is 20.2. The first-order valence-electron chi connectivity index (χ1n) is 7.17. The Kier molecular flexibility index (Phi) is 10.9. The number of ether oxygens (including phenoxy) is 4. The molecule has 0 unspecified atom stereocenters. The Bertz CT molecular complexity index is 433. The molecule has 1 aromatic rings. The Hall–Kier alpha value is -1.79. The molecule has 6 heteroatoms. The molecule has 1 aromatic carbocycles. The Morgan fingerprint density at radius 1 is 1.05 bits per heavy atom. The zero-order chi connectivity index (χ0) is 17.0. The van der Waals surface area contributed by atoms with Crippen LogP contribution >= 0.6 is 0 Å². The second-order valence-corrected chi connectivity index (χ2v) is 4.07. The van der Waals surface area contributed by atoms with Crippen LogP contribution < -0.4 is 14.8 Å². The van der Waals surface area contributed by atoms with Crippen molar-refractivity contribution in [3.63, 3.8) is 0 Å². The molecule has 0 aliphatic heterocycles. The van der Waals surface area contributed by atoms with Crippen LogP contribution in [0.1, 0.15) is 19.4 Å². The normalized spacial score (nSPS) is 9.77. The molecule has 0 saturated heterocycles. The van der Waals surface area contributed by atoms with Crippen molar-refractivity contribution in [2.24, 2.45) is 0 Å². The average Bonchev–Trinajstić information content (AvgIpc) is 2.57. The summed E-state index contributed by atoms with van der Waals surface area (Å²) in [6.07, 6.45) is -0.190. The van der Waals surface area contributed by atoms with Crippen LogP contribution in [0.2, 0.25) is 0 Å². The van der Waals surface area contributed by atoms with Crippen molar-refractivity contribution in [3.05, 3.63) is 23.8 Å². The molecule has 0 saturated carbocycles. The van der Waals surface area contributed by atoms with E-state index in [4.69, 9.17) is 18.9 Å². The minimum Gasteiger partial charge on any atom is -0.493 e. The van der Waals surface area contributed by atoms with Crippen molar-refractivity contribution >= 4 is 5.91 Å². The number of hydrogen-bond donors (Lipinski definition) is 1. The predicted molar refractivity (Wildman–Crippen MR) is 85.4 cm³/mol. The lowest BCUT2D eigenvalue weighted by atomic mass is 10.1. The van der Waals surface area contributed by atoms with E-state index in [9.17, 15) is 4.79 Å². The average molecular weight is 313 g/mol. The Morgan fingerprint density at radius 2 is 1.64 bits per heavy atom. The quantitative estimate of drug-likeness (QED) is 0.744. The van der Waals surface area contributed by atoms with Gasteiger partial charge in [0.05, 0.1) is 27.2 Å². The molecule has 22 heavy (non-hydrogen) atoms. The van der Waals surface area contributed by atoms with Crippen LogP contribution in [-0.2, 0) is 20.7 Å². The number of carbonyl (C=O) groups is 1. The van der Waals surface area contributed by atoms with Gasteiger partial charge in [-0.2, -0.15) is 0 Å². The zero-order valence-corrected chi connectivity index (χ0v) is 14.3. The van der Waals surface area contributed by atoms with Crippen LogP contribution in [-0.4, -0.2) is 47.2 Å². The van der Waals surface area contributed by atoms with E-state index in [-0.39, 0.29) is 12.3 Å². The zero-order valence-electron chi connectivity index (χ0n) is 14.3. The molecule has 1 rings (SSSR count). The van der Waals surface area contributed by atoms with Crippen LogP contribution in [0.25, 0.3) is 0 Å². The molecule has 0 bridgehead atoms. The van der Waals surface area contributed by atoms with Crippen LogP contribution in [0.4, 0.5) is 0 Å². The predicted octanol–water partition coefficient (Wildman–Crippen LogP) is 2.01. The number of carbonyl (C=O) groups excluding carboxylic acids is 1. The van der Waals surface area contributed by atoms with E-state index in [0.29, 0.717) is 18.0 Å². The topological polar surface area (TPSA) is 66.0 Å². The van der Waals surface area contributed by atoms with E-state index < -0.39 is 6.29 Å². The van der Waals surface area contributed by atoms with Gasteiger partial charge in [-0.05, 0) is 17.7 Å². The summed E-state index contributed by atoms with van der Waals surface area (Å²) >= 11 is 0. The van der Waals surface area contributed by atoms with Crippen molar-refractivity contribution in [2.45, 2.75) is 26.6 Å². The summed E-state index contributed by atoms with van der Waals surface area (Å²) in [6.45, 7) is 4.30. The fraction of sp³-hybridized carbons (Fsp3) is 0.562. The van der Waals surface area contributed by atoms with E-state index in [2.05, 4.69) is 5.32 Å². The Labute approximate surface area is 132 Å². The van der Waals surface area contributed by atoms with Crippen molar-refractivity contribution in [1.29, 1.82) is 0 Å². The summed E-state index contributed by atoms with van der Waals surface area (Å²) in [7, 11) is 6.17. The van der Waals surface area contributed by atoms with E-state index >= 15 is 0 Å². The summed E-state index contributed by atoms with van der Waals surface area (Å²) < 4.78 is 20.3. The maximum absolute atomic E-state index is 11.8. The highest BCUT2D eigenvalue weighted by atomic mass is 16.7. The molecule has 6 nitrogen and oxygen atoms in total. The number of hydrogen-bond acceptors (Lipinski definition) is 5. The summed E-state index contributed by atoms with van der Waals surface area (Å²) in [5, 5.41) is 2.74. The molecule has 1 amide bonds. The van der Waals surface area contributed by atoms with Crippen LogP contribution in [0.5, 0.6) is 11.5 Å². The maximum Gasteiger partial charge on any atom is 0.224 e. The molecule has 1 N–H and O–H groups in total. The summed E-state index contributed by atoms with van der Waals surface area (Å²) in [6, 6.07) is 5.38. The molecule has 0 spiro atoms. The number of benzene rings is 1. The van der Waals surface area contributed by atoms with Gasteiger partial charge in [-0.25, -0.2) is 0 Å². The van der Waals surface area contributed by atoms with Crippen LogP contribution in [0.3, 0.4) is 0 Å². The van der Waals surface area contributed by atoms with Gasteiger partial charge in [-0.3, -0.25) is 4.79 Å². The highest BCUT2D eigenvalue weighted by molar-refractivity contribution is 5.78. The highest BCUT2D eigenvalue weighted by Gasteiger charge is 2.10. The van der Waals surface area contributed by atoms with E-state index in [1.54, 1.807) is 26.4 Å². The molecule has 0 heterocycles. The van der Waals surface area contributed by atoms with Crippen LogP contribution in [0, 0.1) is 0 Å². The lowest BCUT2D eigenvalue weighted by Crippen LogP contribution is -2.34. The molecule has 0 aromatic heterocycles. The number of rotatable bonds is 8. The van der Waals surface area contributed by atoms with Gasteiger partial charge in [0.1, 0.15) is 0 Å². The second kappa shape index (κ2) is 11.8. The van der Waals surface area contributed by atoms with Crippen molar-refractivity contribution in [2.75, 3.05) is 35.0 Å². The van der Waals surface area contributed by atoms with Gasteiger partial charge in [-0.1, -0.05) is 19.9 Å². The van der Waals surface area contributed by atoms with E-state index in [1.807, 2.05) is 19.9 Å². The fourth-order valence-electron chi connectivity index (χ4n) is 1.70. The van der Waals surface area contributed by atoms with E-state index in [1.165, 1.54) is 14.2 Å². The standard InChI is InChI=1S/C14H21NO5.C2H6/c1-17-11-6-5-10(7-12(11)18-2)8-13(16)15-9-14(19-3)20-4;1-2/h5-7,14H,8-9H2,1-4H3,(H,15,16);1-2H3. The highest BCUT2D eigenvalue weighted by Crippen LogP contribution is 2.27. The SMILES string of the molecule is CC.COc1ccc(CC(=O)NCC(OC)OC)cc1OC. The minimum atomic E-state index is -0.440. The molecule has 126 valence electrons. The molecule has 0 aliphatic rings. The molecular weight excluding hydrogens is 286 g/mol. The number of methoxy groups -OCH3 is 4. The van der Waals surface area contributed by atoms with Gasteiger partial charge in [-0.15, -0.1) is 0 Å². The van der Waals surface area contributed by atoms with Crippen molar-refractivity contribution < 1.29 is 23.7 Å². The van der Waals surface area contributed by atoms with Gasteiger partial charge < -0.3 is 24.3 Å². The number of nitrogens with one attached hydrogen (secondary N) is 1. The molecule has 0 radical (unpaired) electrons. The maximum atomic E-state index is 11.8. The fourth-order valence-corrected chi connectivity index (χ4v) is 1.70. The smallest absolute Gasteiger partial charge is 0.224 e. The minimum absolute atomic E-state index is 0.115. The summed E-state index contributed by atoms with van der Waals surface area (Å²) in [4.78, 5) is 11.8. The molecule has 0 atom stereocenters. The largest absolute Gasteiger partial charge is 0.493 e. The monoisotopic (exact) mass is 313 g/mol. The third-order valence-electron chi connectivity index (χ3n) is 2.80. The summed E-state index contributed by atoms with van der Waals surface area (Å²) in [5.41, 5.74) is 0.839.